The number of aryl methyl sites for hydroxylation is 2. The summed E-state index contributed by atoms with van der Waals surface area (Å²) in [5, 5.41) is 3.04. The van der Waals surface area contributed by atoms with Crippen molar-refractivity contribution in [2.45, 2.75) is 76.8 Å². The van der Waals surface area contributed by atoms with Crippen LogP contribution in [0.25, 0.3) is 0 Å². The van der Waals surface area contributed by atoms with Gasteiger partial charge >= 0.3 is 0 Å². The van der Waals surface area contributed by atoms with Gasteiger partial charge in [0.25, 0.3) is 0 Å². The summed E-state index contributed by atoms with van der Waals surface area (Å²) in [6.07, 6.45) is 2.13. The standard InChI is InChI=1S/C22H35N3O3S/c1-15-13-18(22(4,5)6)14-16(2)20(15)29(27,28)25-11-9-24(10-12-25)17(3)21(26)23-19-7-8-19/h13-14,17,19H,7-12H2,1-6H3,(H,23,26)/t17-/m1/s1. The van der Waals surface area contributed by atoms with E-state index < -0.39 is 10.0 Å². The fraction of sp³-hybridized carbons (Fsp3) is 0.682. The molecule has 1 heterocycles. The summed E-state index contributed by atoms with van der Waals surface area (Å²) < 4.78 is 28.3. The van der Waals surface area contributed by atoms with Crippen molar-refractivity contribution in [2.75, 3.05) is 26.2 Å². The van der Waals surface area contributed by atoms with Crippen molar-refractivity contribution in [2.24, 2.45) is 0 Å². The molecule has 3 rings (SSSR count). The Labute approximate surface area is 175 Å². The Balaban J connectivity index is 1.72. The first-order valence-electron chi connectivity index (χ1n) is 10.6. The van der Waals surface area contributed by atoms with Gasteiger partial charge in [-0.3, -0.25) is 9.69 Å². The van der Waals surface area contributed by atoms with Crippen LogP contribution in [0.5, 0.6) is 0 Å². The molecule has 1 saturated carbocycles. The summed E-state index contributed by atoms with van der Waals surface area (Å²) in [6, 6.07) is 4.12. The summed E-state index contributed by atoms with van der Waals surface area (Å²) in [5.41, 5.74) is 2.72. The zero-order chi connectivity index (χ0) is 21.6. The van der Waals surface area contributed by atoms with Gasteiger partial charge in [-0.1, -0.05) is 32.9 Å². The Kier molecular flexibility index (Phi) is 6.14. The summed E-state index contributed by atoms with van der Waals surface area (Å²) in [5.74, 6) is 0.0493. The second kappa shape index (κ2) is 8.00. The van der Waals surface area contributed by atoms with Crippen molar-refractivity contribution in [3.63, 3.8) is 0 Å². The van der Waals surface area contributed by atoms with Gasteiger partial charge in [-0.15, -0.1) is 0 Å². The van der Waals surface area contributed by atoms with Crippen molar-refractivity contribution in [1.29, 1.82) is 0 Å². The summed E-state index contributed by atoms with van der Waals surface area (Å²) in [7, 11) is -3.56. The number of piperazine rings is 1. The van der Waals surface area contributed by atoms with E-state index in [1.54, 1.807) is 4.31 Å². The molecule has 162 valence electrons. The molecule has 1 aliphatic heterocycles. The molecule has 1 atom stereocenters. The molecule has 1 aromatic carbocycles. The van der Waals surface area contributed by atoms with Gasteiger partial charge in [-0.25, -0.2) is 8.42 Å². The molecule has 7 heteroatoms. The second-order valence-electron chi connectivity index (χ2n) is 9.59. The average Bonchev–Trinajstić information content (AvgIpc) is 3.43. The quantitative estimate of drug-likeness (QED) is 0.793. The maximum atomic E-state index is 13.4. The van der Waals surface area contributed by atoms with Crippen LogP contribution in [0, 0.1) is 13.8 Å². The molecule has 6 nitrogen and oxygen atoms in total. The minimum atomic E-state index is -3.56. The van der Waals surface area contributed by atoms with E-state index in [1.807, 2.05) is 32.9 Å². The van der Waals surface area contributed by atoms with E-state index in [4.69, 9.17) is 0 Å². The normalized spacial score (nSPS) is 20.5. The molecule has 1 N–H and O–H groups in total. The highest BCUT2D eigenvalue weighted by Crippen LogP contribution is 2.31. The molecule has 2 aliphatic rings. The lowest BCUT2D eigenvalue weighted by Crippen LogP contribution is -2.55. The Morgan fingerprint density at radius 2 is 1.59 bits per heavy atom. The SMILES string of the molecule is Cc1cc(C(C)(C)C)cc(C)c1S(=O)(=O)N1CCN([C@H](C)C(=O)NC2CC2)CC1. The largest absolute Gasteiger partial charge is 0.352 e. The first-order chi connectivity index (χ1) is 13.4. The molecule has 2 fully saturated rings. The fourth-order valence-electron chi connectivity index (χ4n) is 3.97. The summed E-state index contributed by atoms with van der Waals surface area (Å²) in [4.78, 5) is 14.8. The van der Waals surface area contributed by atoms with Gasteiger partial charge < -0.3 is 5.32 Å². The third kappa shape index (κ3) is 4.84. The van der Waals surface area contributed by atoms with Gasteiger partial charge in [0, 0.05) is 32.2 Å². The highest BCUT2D eigenvalue weighted by molar-refractivity contribution is 7.89. The van der Waals surface area contributed by atoms with Crippen LogP contribution in [0.3, 0.4) is 0 Å². The highest BCUT2D eigenvalue weighted by Gasteiger charge is 2.35. The lowest BCUT2D eigenvalue weighted by molar-refractivity contribution is -0.126. The molecule has 29 heavy (non-hydrogen) atoms. The number of carbonyl (C=O) groups is 1. The van der Waals surface area contributed by atoms with Crippen LogP contribution >= 0.6 is 0 Å². The Morgan fingerprint density at radius 3 is 2.03 bits per heavy atom. The topological polar surface area (TPSA) is 69.7 Å². The van der Waals surface area contributed by atoms with E-state index in [0.29, 0.717) is 37.1 Å². The molecule has 0 radical (unpaired) electrons. The maximum Gasteiger partial charge on any atom is 0.243 e. The fourth-order valence-corrected chi connectivity index (χ4v) is 5.80. The van der Waals surface area contributed by atoms with E-state index in [0.717, 1.165) is 29.5 Å². The van der Waals surface area contributed by atoms with Crippen LogP contribution in [0.15, 0.2) is 17.0 Å². The van der Waals surface area contributed by atoms with Gasteiger partial charge in [-0.05, 0) is 55.7 Å². The van der Waals surface area contributed by atoms with Gasteiger partial charge in [-0.2, -0.15) is 4.31 Å². The summed E-state index contributed by atoms with van der Waals surface area (Å²) in [6.45, 7) is 14.0. The smallest absolute Gasteiger partial charge is 0.243 e. The van der Waals surface area contributed by atoms with Crippen LogP contribution in [0.2, 0.25) is 0 Å². The van der Waals surface area contributed by atoms with Crippen LogP contribution in [-0.4, -0.2) is 61.8 Å². The van der Waals surface area contributed by atoms with Crippen LogP contribution < -0.4 is 5.32 Å². The van der Waals surface area contributed by atoms with Gasteiger partial charge in [0.15, 0.2) is 0 Å². The van der Waals surface area contributed by atoms with Gasteiger partial charge in [0.1, 0.15) is 0 Å². The van der Waals surface area contributed by atoms with Gasteiger partial charge in [0.05, 0.1) is 10.9 Å². The maximum absolute atomic E-state index is 13.4. The van der Waals surface area contributed by atoms with E-state index in [9.17, 15) is 13.2 Å². The number of nitrogens with zero attached hydrogens (tertiary/aromatic N) is 2. The van der Waals surface area contributed by atoms with Crippen molar-refractivity contribution in [1.82, 2.24) is 14.5 Å². The number of sulfonamides is 1. The Hall–Kier alpha value is -1.44. The first kappa shape index (κ1) is 22.2. The highest BCUT2D eigenvalue weighted by atomic mass is 32.2. The molecular weight excluding hydrogens is 386 g/mol. The minimum absolute atomic E-state index is 0.0272. The van der Waals surface area contributed by atoms with Crippen LogP contribution in [0.4, 0.5) is 0 Å². The Bertz CT molecular complexity index is 854. The molecule has 0 unspecified atom stereocenters. The van der Waals surface area contributed by atoms with Crippen molar-refractivity contribution < 1.29 is 13.2 Å². The lowest BCUT2D eigenvalue weighted by atomic mass is 9.85. The number of amides is 1. The predicted molar refractivity (Wildman–Crippen MR) is 116 cm³/mol. The molecule has 1 amide bonds. The number of hydrogen-bond donors (Lipinski definition) is 1. The first-order valence-corrected chi connectivity index (χ1v) is 12.0. The zero-order valence-electron chi connectivity index (χ0n) is 18.6. The minimum Gasteiger partial charge on any atom is -0.352 e. The molecule has 0 bridgehead atoms. The number of carbonyl (C=O) groups excluding carboxylic acids is 1. The number of hydrogen-bond acceptors (Lipinski definition) is 4. The monoisotopic (exact) mass is 421 g/mol. The number of nitrogens with one attached hydrogen (secondary N) is 1. The van der Waals surface area contributed by atoms with E-state index in [2.05, 4.69) is 31.0 Å². The zero-order valence-corrected chi connectivity index (χ0v) is 19.4. The third-order valence-electron chi connectivity index (χ3n) is 6.05. The molecule has 1 aliphatic carbocycles. The van der Waals surface area contributed by atoms with Crippen LogP contribution in [-0.2, 0) is 20.2 Å². The van der Waals surface area contributed by atoms with Gasteiger partial charge in [0.2, 0.25) is 15.9 Å². The third-order valence-corrected chi connectivity index (χ3v) is 8.25. The van der Waals surface area contributed by atoms with Crippen molar-refractivity contribution in [3.05, 3.63) is 28.8 Å². The van der Waals surface area contributed by atoms with E-state index in [-0.39, 0.29) is 17.4 Å². The average molecular weight is 422 g/mol. The molecule has 1 saturated heterocycles. The number of rotatable bonds is 5. The predicted octanol–water partition coefficient (Wildman–Crippen LogP) is 2.57. The second-order valence-corrected chi connectivity index (χ2v) is 11.5. The number of benzene rings is 1. The molecule has 1 aromatic rings. The lowest BCUT2D eigenvalue weighted by Gasteiger charge is -2.37. The summed E-state index contributed by atoms with van der Waals surface area (Å²) >= 11 is 0. The van der Waals surface area contributed by atoms with E-state index >= 15 is 0 Å². The molecule has 0 spiro atoms. The molecule has 0 aromatic heterocycles. The molecular formula is C22H35N3O3S. The van der Waals surface area contributed by atoms with E-state index in [1.165, 1.54) is 0 Å². The van der Waals surface area contributed by atoms with Crippen LogP contribution in [0.1, 0.15) is 57.2 Å². The van der Waals surface area contributed by atoms with Crippen molar-refractivity contribution >= 4 is 15.9 Å². The van der Waals surface area contributed by atoms with Crippen molar-refractivity contribution in [3.8, 4) is 0 Å². The Morgan fingerprint density at radius 1 is 1.07 bits per heavy atom.